The number of piperidine rings is 1. The second kappa shape index (κ2) is 8.33. The Balaban J connectivity index is 1.38. The summed E-state index contributed by atoms with van der Waals surface area (Å²) in [5, 5.41) is 8.81. The number of amides is 1. The molecule has 0 radical (unpaired) electrons. The highest BCUT2D eigenvalue weighted by Gasteiger charge is 2.28. The van der Waals surface area contributed by atoms with Crippen molar-refractivity contribution in [1.29, 1.82) is 0 Å². The van der Waals surface area contributed by atoms with Crippen molar-refractivity contribution in [2.24, 2.45) is 7.05 Å². The molecule has 4 heterocycles. The number of carbonyl (C=O) groups is 1. The average Bonchev–Trinajstić information content (AvgIpc) is 3.38. The van der Waals surface area contributed by atoms with Gasteiger partial charge >= 0.3 is 0 Å². The molecule has 0 aliphatic carbocycles. The fraction of sp³-hybridized carbons (Fsp3) is 0.450. The summed E-state index contributed by atoms with van der Waals surface area (Å²) in [5.74, 6) is 2.30. The van der Waals surface area contributed by atoms with Gasteiger partial charge in [0.05, 0.1) is 12.9 Å². The van der Waals surface area contributed by atoms with Gasteiger partial charge in [0.2, 0.25) is 5.91 Å². The Bertz CT molecular complexity index is 904. The number of imidazole rings is 1. The second-order valence-electron chi connectivity index (χ2n) is 7.30. The second-order valence-corrected chi connectivity index (χ2v) is 7.30. The molecule has 0 saturated carbocycles. The van der Waals surface area contributed by atoms with Gasteiger partial charge in [-0.3, -0.25) is 9.78 Å². The van der Waals surface area contributed by atoms with Crippen LogP contribution in [0.15, 0.2) is 43.2 Å². The Morgan fingerprint density at radius 2 is 2.04 bits per heavy atom. The molecule has 1 unspecified atom stereocenters. The van der Waals surface area contributed by atoms with Crippen LogP contribution in [-0.4, -0.2) is 53.2 Å². The van der Waals surface area contributed by atoms with Crippen LogP contribution in [0.3, 0.4) is 0 Å². The Kier molecular flexibility index (Phi) is 5.45. The van der Waals surface area contributed by atoms with Crippen molar-refractivity contribution in [2.75, 3.05) is 13.1 Å². The van der Waals surface area contributed by atoms with E-state index in [4.69, 9.17) is 0 Å². The molecule has 1 fully saturated rings. The summed E-state index contributed by atoms with van der Waals surface area (Å²) in [6.45, 7) is 2.18. The number of hydrogen-bond donors (Lipinski definition) is 0. The molecule has 0 N–H and O–H groups in total. The first-order valence-corrected chi connectivity index (χ1v) is 9.71. The van der Waals surface area contributed by atoms with Crippen LogP contribution >= 0.6 is 0 Å². The lowest BCUT2D eigenvalue weighted by Crippen LogP contribution is -2.39. The monoisotopic (exact) mass is 379 g/mol. The third-order valence-electron chi connectivity index (χ3n) is 5.40. The summed E-state index contributed by atoms with van der Waals surface area (Å²) in [5.41, 5.74) is 1.15. The standard InChI is InChI=1S/C20H25N7O/c1-25-18(14-26-12-10-22-15-26)23-24-20(25)17-3-2-11-27(13-17)19(28)5-4-16-6-8-21-9-7-16/h6-10,12,15,17H,2-5,11,13-14H2,1H3. The van der Waals surface area contributed by atoms with Crippen molar-refractivity contribution < 1.29 is 4.79 Å². The third-order valence-corrected chi connectivity index (χ3v) is 5.40. The van der Waals surface area contributed by atoms with Crippen LogP contribution in [0.25, 0.3) is 0 Å². The molecule has 1 atom stereocenters. The van der Waals surface area contributed by atoms with E-state index in [2.05, 4.69) is 24.7 Å². The first kappa shape index (κ1) is 18.3. The minimum atomic E-state index is 0.210. The molecule has 0 aromatic carbocycles. The molecule has 28 heavy (non-hydrogen) atoms. The molecule has 146 valence electrons. The summed E-state index contributed by atoms with van der Waals surface area (Å²) in [6, 6.07) is 3.93. The zero-order valence-corrected chi connectivity index (χ0v) is 16.1. The average molecular weight is 379 g/mol. The predicted molar refractivity (Wildman–Crippen MR) is 103 cm³/mol. The first-order chi connectivity index (χ1) is 13.7. The summed E-state index contributed by atoms with van der Waals surface area (Å²) >= 11 is 0. The Hall–Kier alpha value is -3.03. The van der Waals surface area contributed by atoms with Gasteiger partial charge in [0.25, 0.3) is 0 Å². The van der Waals surface area contributed by atoms with Crippen molar-refractivity contribution in [3.05, 3.63) is 60.5 Å². The van der Waals surface area contributed by atoms with Crippen molar-refractivity contribution in [3.8, 4) is 0 Å². The van der Waals surface area contributed by atoms with Crippen molar-refractivity contribution in [3.63, 3.8) is 0 Å². The number of pyridine rings is 1. The molecule has 1 aliphatic rings. The van der Waals surface area contributed by atoms with E-state index in [-0.39, 0.29) is 11.8 Å². The molecule has 8 nitrogen and oxygen atoms in total. The fourth-order valence-electron chi connectivity index (χ4n) is 3.79. The number of aromatic nitrogens is 6. The normalized spacial score (nSPS) is 17.0. The highest BCUT2D eigenvalue weighted by Crippen LogP contribution is 2.26. The molecule has 0 bridgehead atoms. The summed E-state index contributed by atoms with van der Waals surface area (Å²) in [7, 11) is 2.01. The van der Waals surface area contributed by atoms with E-state index >= 15 is 0 Å². The van der Waals surface area contributed by atoms with E-state index in [0.29, 0.717) is 19.5 Å². The van der Waals surface area contributed by atoms with Gasteiger partial charge in [0.15, 0.2) is 5.82 Å². The Morgan fingerprint density at radius 1 is 1.18 bits per heavy atom. The predicted octanol–water partition coefficient (Wildman–Crippen LogP) is 1.79. The lowest BCUT2D eigenvalue weighted by atomic mass is 9.96. The molecule has 1 amide bonds. The van der Waals surface area contributed by atoms with Gasteiger partial charge in [-0.25, -0.2) is 4.98 Å². The van der Waals surface area contributed by atoms with Crippen LogP contribution in [0.1, 0.15) is 42.4 Å². The number of aryl methyl sites for hydroxylation is 1. The van der Waals surface area contributed by atoms with E-state index < -0.39 is 0 Å². The van der Waals surface area contributed by atoms with Crippen molar-refractivity contribution in [1.82, 2.24) is 34.2 Å². The Labute approximate surface area is 164 Å². The molecule has 4 rings (SSSR count). The maximum Gasteiger partial charge on any atom is 0.222 e. The quantitative estimate of drug-likeness (QED) is 0.652. The number of carbonyl (C=O) groups excluding carboxylic acids is 1. The van der Waals surface area contributed by atoms with E-state index in [9.17, 15) is 4.79 Å². The van der Waals surface area contributed by atoms with Gasteiger partial charge in [0.1, 0.15) is 5.82 Å². The summed E-state index contributed by atoms with van der Waals surface area (Å²) in [6.07, 6.45) is 12.3. The van der Waals surface area contributed by atoms with Gasteiger partial charge in [-0.05, 0) is 37.0 Å². The van der Waals surface area contributed by atoms with Gasteiger partial charge in [-0.15, -0.1) is 10.2 Å². The molecule has 3 aromatic rings. The van der Waals surface area contributed by atoms with Crippen molar-refractivity contribution in [2.45, 2.75) is 38.1 Å². The highest BCUT2D eigenvalue weighted by atomic mass is 16.2. The van der Waals surface area contributed by atoms with Crippen LogP contribution in [0, 0.1) is 0 Å². The minimum Gasteiger partial charge on any atom is -0.342 e. The molecule has 3 aromatic heterocycles. The maximum absolute atomic E-state index is 12.7. The molecular formula is C20H25N7O. The first-order valence-electron chi connectivity index (χ1n) is 9.71. The molecule has 8 heteroatoms. The van der Waals surface area contributed by atoms with Gasteiger partial charge < -0.3 is 14.0 Å². The minimum absolute atomic E-state index is 0.210. The van der Waals surface area contributed by atoms with Gasteiger partial charge in [-0.1, -0.05) is 0 Å². The van der Waals surface area contributed by atoms with E-state index in [1.165, 1.54) is 0 Å². The lowest BCUT2D eigenvalue weighted by molar-refractivity contribution is -0.132. The summed E-state index contributed by atoms with van der Waals surface area (Å²) in [4.78, 5) is 22.8. The smallest absolute Gasteiger partial charge is 0.222 e. The largest absolute Gasteiger partial charge is 0.342 e. The van der Waals surface area contributed by atoms with Crippen LogP contribution in [0.4, 0.5) is 0 Å². The lowest BCUT2D eigenvalue weighted by Gasteiger charge is -2.32. The SMILES string of the molecule is Cn1c(Cn2ccnc2)nnc1C1CCCN(C(=O)CCc2ccncc2)C1. The van der Waals surface area contributed by atoms with E-state index in [0.717, 1.165) is 43.0 Å². The number of likely N-dealkylation sites (tertiary alicyclic amines) is 1. The van der Waals surface area contributed by atoms with Gasteiger partial charge in [0, 0.05) is 57.3 Å². The van der Waals surface area contributed by atoms with Crippen LogP contribution in [0.2, 0.25) is 0 Å². The summed E-state index contributed by atoms with van der Waals surface area (Å²) < 4.78 is 4.04. The van der Waals surface area contributed by atoms with Gasteiger partial charge in [-0.2, -0.15) is 0 Å². The number of hydrogen-bond acceptors (Lipinski definition) is 5. The molecule has 0 spiro atoms. The van der Waals surface area contributed by atoms with E-state index in [1.807, 2.05) is 34.8 Å². The van der Waals surface area contributed by atoms with Crippen molar-refractivity contribution >= 4 is 5.91 Å². The topological polar surface area (TPSA) is 81.7 Å². The highest BCUT2D eigenvalue weighted by molar-refractivity contribution is 5.76. The zero-order chi connectivity index (χ0) is 19.3. The maximum atomic E-state index is 12.7. The Morgan fingerprint density at radius 3 is 2.82 bits per heavy atom. The molecular weight excluding hydrogens is 354 g/mol. The third kappa shape index (κ3) is 4.11. The number of rotatable bonds is 6. The zero-order valence-electron chi connectivity index (χ0n) is 16.1. The van der Waals surface area contributed by atoms with Crippen LogP contribution in [0.5, 0.6) is 0 Å². The molecule has 1 aliphatic heterocycles. The van der Waals surface area contributed by atoms with Crippen LogP contribution < -0.4 is 0 Å². The molecule has 1 saturated heterocycles. The fourth-order valence-corrected chi connectivity index (χ4v) is 3.79. The van der Waals surface area contributed by atoms with E-state index in [1.54, 1.807) is 24.9 Å². The number of nitrogens with zero attached hydrogens (tertiary/aromatic N) is 7. The van der Waals surface area contributed by atoms with Crippen LogP contribution in [-0.2, 0) is 24.8 Å².